The van der Waals surface area contributed by atoms with E-state index >= 15 is 0 Å². The van der Waals surface area contributed by atoms with Gasteiger partial charge >= 0.3 is 6.18 Å². The van der Waals surface area contributed by atoms with Crippen LogP contribution in [-0.2, 0) is 6.18 Å². The Morgan fingerprint density at radius 3 is 2.42 bits per heavy atom. The Kier molecular flexibility index (Phi) is 3.54. The van der Waals surface area contributed by atoms with E-state index in [4.69, 9.17) is 4.42 Å². The van der Waals surface area contributed by atoms with Crippen molar-refractivity contribution in [2.24, 2.45) is 0 Å². The minimum atomic E-state index is -4.43. The van der Waals surface area contributed by atoms with Gasteiger partial charge in [0.2, 0.25) is 0 Å². The fourth-order valence-corrected chi connectivity index (χ4v) is 2.00. The molecule has 0 amide bonds. The van der Waals surface area contributed by atoms with Crippen LogP contribution in [0.15, 0.2) is 39.2 Å². The van der Waals surface area contributed by atoms with Crippen molar-refractivity contribution in [2.75, 3.05) is 0 Å². The lowest BCUT2D eigenvalue weighted by Crippen LogP contribution is -2.04. The van der Waals surface area contributed by atoms with Gasteiger partial charge in [0.15, 0.2) is 11.5 Å². The maximum atomic E-state index is 12.6. The summed E-state index contributed by atoms with van der Waals surface area (Å²) >= 11 is 3.17. The molecule has 0 unspecified atom stereocenters. The minimum Gasteiger partial charge on any atom is -0.453 e. The number of carbonyl (C=O) groups excluding carboxylic acids is 1. The topological polar surface area (TPSA) is 30.2 Å². The largest absolute Gasteiger partial charge is 0.453 e. The van der Waals surface area contributed by atoms with Gasteiger partial charge in [0.25, 0.3) is 0 Å². The van der Waals surface area contributed by atoms with Crippen molar-refractivity contribution >= 4 is 21.7 Å². The summed E-state index contributed by atoms with van der Waals surface area (Å²) in [7, 11) is 0. The Balaban J connectivity index is 2.51. The summed E-state index contributed by atoms with van der Waals surface area (Å²) in [5.74, 6) is 0.0387. The third-order valence-corrected chi connectivity index (χ3v) is 3.20. The summed E-state index contributed by atoms with van der Waals surface area (Å²) in [6, 6.07) is 6.16. The van der Waals surface area contributed by atoms with Gasteiger partial charge in [-0.15, -0.1) is 0 Å². The van der Waals surface area contributed by atoms with Gasteiger partial charge in [0.1, 0.15) is 5.76 Å². The second kappa shape index (κ2) is 4.85. The smallest absolute Gasteiger partial charge is 0.416 e. The fourth-order valence-electron chi connectivity index (χ4n) is 1.56. The molecule has 1 aromatic heterocycles. The molecule has 0 aliphatic heterocycles. The summed E-state index contributed by atoms with van der Waals surface area (Å²) in [6.45, 7) is 1.32. The minimum absolute atomic E-state index is 0.110. The van der Waals surface area contributed by atoms with Crippen LogP contribution < -0.4 is 0 Å². The number of Topliss-reactive ketones (excluding diaryl/α,β-unsaturated/α-hetero) is 1. The molecule has 2 aromatic rings. The number of hydrogen-bond donors (Lipinski definition) is 0. The van der Waals surface area contributed by atoms with E-state index in [-0.39, 0.29) is 22.9 Å². The molecule has 0 saturated carbocycles. The lowest BCUT2D eigenvalue weighted by molar-refractivity contribution is -0.137. The van der Waals surface area contributed by atoms with Crippen molar-refractivity contribution in [3.63, 3.8) is 0 Å². The van der Waals surface area contributed by atoms with Gasteiger partial charge in [0.05, 0.1) is 5.56 Å². The van der Waals surface area contributed by atoms with Gasteiger partial charge in [0, 0.05) is 17.0 Å². The van der Waals surface area contributed by atoms with Crippen molar-refractivity contribution in [3.8, 4) is 11.3 Å². The average Bonchev–Trinajstić information content (AvgIpc) is 2.77. The quantitative estimate of drug-likeness (QED) is 0.730. The summed E-state index contributed by atoms with van der Waals surface area (Å²) in [4.78, 5) is 11.1. The summed E-state index contributed by atoms with van der Waals surface area (Å²) < 4.78 is 43.6. The normalized spacial score (nSPS) is 11.6. The van der Waals surface area contributed by atoms with E-state index in [2.05, 4.69) is 15.9 Å². The van der Waals surface area contributed by atoms with E-state index in [1.54, 1.807) is 0 Å². The predicted molar refractivity (Wildman–Crippen MR) is 66.9 cm³/mol. The molecule has 6 heteroatoms. The first-order valence-corrected chi connectivity index (χ1v) is 6.06. The third-order valence-electron chi connectivity index (χ3n) is 2.51. The van der Waals surface area contributed by atoms with Crippen molar-refractivity contribution in [2.45, 2.75) is 13.1 Å². The van der Waals surface area contributed by atoms with E-state index in [0.717, 1.165) is 12.1 Å². The lowest BCUT2D eigenvalue weighted by Gasteiger charge is -2.09. The average molecular weight is 333 g/mol. The molecule has 0 N–H and O–H groups in total. The van der Waals surface area contributed by atoms with Gasteiger partial charge in [-0.05, 0) is 30.3 Å². The second-order valence-corrected chi connectivity index (χ2v) is 4.77. The molecule has 0 bridgehead atoms. The Morgan fingerprint density at radius 2 is 1.89 bits per heavy atom. The highest BCUT2D eigenvalue weighted by atomic mass is 79.9. The zero-order valence-electron chi connectivity index (χ0n) is 9.72. The molecule has 100 valence electrons. The van der Waals surface area contributed by atoms with Crippen LogP contribution >= 0.6 is 15.9 Å². The molecular formula is C13H8BrF3O2. The van der Waals surface area contributed by atoms with Gasteiger partial charge < -0.3 is 4.42 Å². The van der Waals surface area contributed by atoms with Crippen LogP contribution in [0.3, 0.4) is 0 Å². The molecule has 0 aliphatic rings. The van der Waals surface area contributed by atoms with E-state index < -0.39 is 11.7 Å². The fraction of sp³-hybridized carbons (Fsp3) is 0.154. The van der Waals surface area contributed by atoms with Gasteiger partial charge in [-0.2, -0.15) is 13.2 Å². The number of halogens is 4. The van der Waals surface area contributed by atoms with Gasteiger partial charge in [-0.3, -0.25) is 4.79 Å². The number of rotatable bonds is 2. The third kappa shape index (κ3) is 2.89. The van der Waals surface area contributed by atoms with Crippen molar-refractivity contribution in [1.29, 1.82) is 0 Å². The Hall–Kier alpha value is -1.56. The Morgan fingerprint density at radius 1 is 1.21 bits per heavy atom. The zero-order chi connectivity index (χ0) is 14.2. The molecule has 0 saturated heterocycles. The van der Waals surface area contributed by atoms with E-state index in [1.165, 1.54) is 25.1 Å². The van der Waals surface area contributed by atoms with Gasteiger partial charge in [-0.1, -0.05) is 15.9 Å². The van der Waals surface area contributed by atoms with Crippen LogP contribution in [0.5, 0.6) is 0 Å². The molecule has 2 nitrogen and oxygen atoms in total. The van der Waals surface area contributed by atoms with Crippen LogP contribution in [0.1, 0.15) is 23.0 Å². The highest BCUT2D eigenvalue weighted by molar-refractivity contribution is 9.10. The van der Waals surface area contributed by atoms with Crippen molar-refractivity contribution in [1.82, 2.24) is 0 Å². The first-order valence-electron chi connectivity index (χ1n) is 5.27. The molecular weight excluding hydrogens is 325 g/mol. The van der Waals surface area contributed by atoms with E-state index in [1.807, 2.05) is 0 Å². The number of alkyl halides is 3. The van der Waals surface area contributed by atoms with Gasteiger partial charge in [-0.25, -0.2) is 0 Å². The molecule has 0 spiro atoms. The number of benzene rings is 1. The summed E-state index contributed by atoms with van der Waals surface area (Å²) in [5, 5.41) is 0. The van der Waals surface area contributed by atoms with Crippen LogP contribution in [0.2, 0.25) is 0 Å². The molecule has 0 fully saturated rings. The molecule has 1 heterocycles. The van der Waals surface area contributed by atoms with Crippen LogP contribution in [0.25, 0.3) is 11.3 Å². The maximum absolute atomic E-state index is 12.6. The Bertz CT molecular complexity index is 629. The number of furan rings is 1. The monoisotopic (exact) mass is 332 g/mol. The first-order chi connectivity index (χ1) is 8.79. The van der Waals surface area contributed by atoms with Crippen LogP contribution in [0, 0.1) is 0 Å². The highest BCUT2D eigenvalue weighted by Gasteiger charge is 2.31. The lowest BCUT2D eigenvalue weighted by atomic mass is 10.1. The number of ketones is 1. The summed E-state index contributed by atoms with van der Waals surface area (Å²) in [6.07, 6.45) is -4.43. The first kappa shape index (κ1) is 13.9. The summed E-state index contributed by atoms with van der Waals surface area (Å²) in [5.41, 5.74) is -0.520. The number of carbonyl (C=O) groups is 1. The molecule has 0 aliphatic carbocycles. The SMILES string of the molecule is CC(=O)c1ccc(-c2cc(C(F)(F)F)ccc2Br)o1. The van der Waals surface area contributed by atoms with Crippen LogP contribution in [0.4, 0.5) is 13.2 Å². The van der Waals surface area contributed by atoms with Crippen molar-refractivity contribution < 1.29 is 22.4 Å². The second-order valence-electron chi connectivity index (χ2n) is 3.91. The van der Waals surface area contributed by atoms with Crippen molar-refractivity contribution in [3.05, 3.63) is 46.1 Å². The predicted octanol–water partition coefficient (Wildman–Crippen LogP) is 4.93. The van der Waals surface area contributed by atoms with E-state index in [0.29, 0.717) is 4.47 Å². The zero-order valence-corrected chi connectivity index (χ0v) is 11.3. The molecule has 19 heavy (non-hydrogen) atoms. The van der Waals surface area contributed by atoms with Crippen LogP contribution in [-0.4, -0.2) is 5.78 Å². The molecule has 1 aromatic carbocycles. The maximum Gasteiger partial charge on any atom is 0.416 e. The van der Waals surface area contributed by atoms with E-state index in [9.17, 15) is 18.0 Å². The molecule has 2 rings (SSSR count). The highest BCUT2D eigenvalue weighted by Crippen LogP contribution is 2.36. The molecule has 0 atom stereocenters. The number of hydrogen-bond acceptors (Lipinski definition) is 2. The molecule has 0 radical (unpaired) electrons. The Labute approximate surface area is 115 Å². The standard InChI is InChI=1S/C13H8BrF3O2/c1-7(18)11-4-5-12(19-11)9-6-8(13(15,16)17)2-3-10(9)14/h2-6H,1H3.